The van der Waals surface area contributed by atoms with Crippen LogP contribution in [0.15, 0.2) is 182 Å². The zero-order valence-corrected chi connectivity index (χ0v) is 28.8. The molecule has 2 aliphatic carbocycles. The second-order valence-corrected chi connectivity index (χ2v) is 14.4. The summed E-state index contributed by atoms with van der Waals surface area (Å²) in [7, 11) is 0. The lowest BCUT2D eigenvalue weighted by molar-refractivity contribution is 0.818. The monoisotopic (exact) mass is 661 g/mol. The fourth-order valence-electron chi connectivity index (χ4n) is 9.26. The molecule has 0 heterocycles. The molecular weight excluding hydrogens is 627 g/mol. The lowest BCUT2D eigenvalue weighted by Gasteiger charge is -2.28. The Kier molecular flexibility index (Phi) is 6.51. The van der Waals surface area contributed by atoms with Gasteiger partial charge in [-0.25, -0.2) is 0 Å². The summed E-state index contributed by atoms with van der Waals surface area (Å²) < 4.78 is 0. The van der Waals surface area contributed by atoms with Crippen LogP contribution in [-0.2, 0) is 12.8 Å². The van der Waals surface area contributed by atoms with Crippen LogP contribution in [0, 0.1) is 0 Å². The van der Waals surface area contributed by atoms with Gasteiger partial charge in [-0.05, 0) is 120 Å². The first-order valence-corrected chi connectivity index (χ1v) is 18.4. The zero-order valence-electron chi connectivity index (χ0n) is 28.8. The molecule has 0 spiro atoms. The predicted octanol–water partition coefficient (Wildman–Crippen LogP) is 13.5. The molecule has 244 valence electrons. The van der Waals surface area contributed by atoms with Crippen molar-refractivity contribution in [3.63, 3.8) is 0 Å². The Morgan fingerprint density at radius 3 is 1.96 bits per heavy atom. The largest absolute Gasteiger partial charge is 0.310 e. The molecule has 0 bridgehead atoms. The van der Waals surface area contributed by atoms with E-state index in [4.69, 9.17) is 0 Å². The predicted molar refractivity (Wildman–Crippen MR) is 219 cm³/mol. The maximum Gasteiger partial charge on any atom is 0.0540 e. The topological polar surface area (TPSA) is 3.24 Å². The van der Waals surface area contributed by atoms with Gasteiger partial charge in [0.15, 0.2) is 0 Å². The van der Waals surface area contributed by atoms with E-state index < -0.39 is 0 Å². The molecule has 0 aliphatic heterocycles. The summed E-state index contributed by atoms with van der Waals surface area (Å²) in [6.45, 7) is 0. The molecule has 2 aliphatic rings. The van der Waals surface area contributed by atoms with Crippen LogP contribution in [0.5, 0.6) is 0 Å². The SMILES string of the molecule is c1ccc2c(c1)Cc1cc(N(c3ccc(C4Cc5ccc6ccccc6c5-c5cccc6cccc4c56)cc3)c3cccc4ccccc34)ccc1-2. The van der Waals surface area contributed by atoms with Gasteiger partial charge in [0, 0.05) is 22.7 Å². The molecule has 11 rings (SSSR count). The van der Waals surface area contributed by atoms with Gasteiger partial charge in [0.05, 0.1) is 5.69 Å². The summed E-state index contributed by atoms with van der Waals surface area (Å²) in [5.74, 6) is 0.228. The van der Waals surface area contributed by atoms with Gasteiger partial charge in [0.25, 0.3) is 0 Å². The van der Waals surface area contributed by atoms with Crippen molar-refractivity contribution in [2.75, 3.05) is 4.90 Å². The van der Waals surface area contributed by atoms with Crippen molar-refractivity contribution in [2.45, 2.75) is 18.8 Å². The third kappa shape index (κ3) is 4.49. The number of rotatable bonds is 4. The molecule has 52 heavy (non-hydrogen) atoms. The van der Waals surface area contributed by atoms with E-state index >= 15 is 0 Å². The average molecular weight is 662 g/mol. The molecule has 1 nitrogen and oxygen atoms in total. The molecule has 0 amide bonds. The Morgan fingerprint density at radius 1 is 0.423 bits per heavy atom. The average Bonchev–Trinajstić information content (AvgIpc) is 3.50. The van der Waals surface area contributed by atoms with Gasteiger partial charge in [0.1, 0.15) is 0 Å². The van der Waals surface area contributed by atoms with Crippen molar-refractivity contribution in [3.8, 4) is 22.3 Å². The highest BCUT2D eigenvalue weighted by molar-refractivity contribution is 6.09. The Hall–Kier alpha value is -6.44. The summed E-state index contributed by atoms with van der Waals surface area (Å²) in [6, 6.07) is 68.0. The number of benzene rings is 9. The second-order valence-electron chi connectivity index (χ2n) is 14.4. The quantitative estimate of drug-likeness (QED) is 0.181. The Bertz CT molecular complexity index is 2850. The number of fused-ring (bicyclic) bond motifs is 8. The van der Waals surface area contributed by atoms with E-state index in [1.807, 2.05) is 0 Å². The van der Waals surface area contributed by atoms with E-state index in [-0.39, 0.29) is 5.92 Å². The van der Waals surface area contributed by atoms with Gasteiger partial charge < -0.3 is 4.90 Å². The molecule has 1 heteroatoms. The first kappa shape index (κ1) is 29.3. The summed E-state index contributed by atoms with van der Waals surface area (Å²) >= 11 is 0. The third-order valence-electron chi connectivity index (χ3n) is 11.6. The van der Waals surface area contributed by atoms with E-state index in [9.17, 15) is 0 Å². The molecule has 9 aromatic rings. The molecule has 9 aromatic carbocycles. The fraction of sp³-hybridized carbons (Fsp3) is 0.0588. The lowest BCUT2D eigenvalue weighted by atomic mass is 9.85. The summed E-state index contributed by atoms with van der Waals surface area (Å²) in [5, 5.41) is 7.80. The van der Waals surface area contributed by atoms with Crippen molar-refractivity contribution in [3.05, 3.63) is 210 Å². The minimum Gasteiger partial charge on any atom is -0.310 e. The van der Waals surface area contributed by atoms with Crippen LogP contribution in [0.2, 0.25) is 0 Å². The first-order chi connectivity index (χ1) is 25.8. The van der Waals surface area contributed by atoms with Crippen molar-refractivity contribution in [1.29, 1.82) is 0 Å². The standard InChI is InChI=1S/C51H35N/c1-5-17-44-33(10-1)13-9-21-49(44)52(41-28-29-43-39(31-41)30-37-12-3-4-16-42(37)43)40-26-24-35(25-27-40)48-32-38-23-22-34-11-2-6-18-45(34)51(38)47-20-8-15-36-14-7-19-46(48)50(36)47/h1-29,31,48H,30,32H2. The Balaban J connectivity index is 1.07. The van der Waals surface area contributed by atoms with Gasteiger partial charge >= 0.3 is 0 Å². The molecule has 0 saturated carbocycles. The summed E-state index contributed by atoms with van der Waals surface area (Å²) in [5.41, 5.74) is 15.9. The van der Waals surface area contributed by atoms with Gasteiger partial charge in [0.2, 0.25) is 0 Å². The van der Waals surface area contributed by atoms with E-state index in [1.54, 1.807) is 0 Å². The van der Waals surface area contributed by atoms with Crippen molar-refractivity contribution in [1.82, 2.24) is 0 Å². The fourth-order valence-corrected chi connectivity index (χ4v) is 9.26. The third-order valence-corrected chi connectivity index (χ3v) is 11.6. The van der Waals surface area contributed by atoms with Crippen molar-refractivity contribution in [2.24, 2.45) is 0 Å². The first-order valence-electron chi connectivity index (χ1n) is 18.4. The van der Waals surface area contributed by atoms with Crippen LogP contribution in [0.1, 0.15) is 33.7 Å². The van der Waals surface area contributed by atoms with Crippen molar-refractivity contribution < 1.29 is 0 Å². The maximum absolute atomic E-state index is 2.46. The van der Waals surface area contributed by atoms with Gasteiger partial charge in [-0.1, -0.05) is 152 Å². The molecular formula is C51H35N. The van der Waals surface area contributed by atoms with Crippen LogP contribution >= 0.6 is 0 Å². The van der Waals surface area contributed by atoms with Crippen LogP contribution in [0.25, 0.3) is 54.6 Å². The number of hydrogen-bond acceptors (Lipinski definition) is 1. The van der Waals surface area contributed by atoms with Crippen LogP contribution < -0.4 is 4.90 Å². The zero-order chi connectivity index (χ0) is 34.2. The highest BCUT2D eigenvalue weighted by atomic mass is 15.1. The maximum atomic E-state index is 2.46. The van der Waals surface area contributed by atoms with Crippen molar-refractivity contribution >= 4 is 49.4 Å². The normalized spacial score (nSPS) is 14.2. The van der Waals surface area contributed by atoms with Gasteiger partial charge in [-0.3, -0.25) is 0 Å². The Morgan fingerprint density at radius 2 is 1.08 bits per heavy atom. The van der Waals surface area contributed by atoms with E-state index in [0.717, 1.165) is 18.5 Å². The minimum atomic E-state index is 0.228. The molecule has 0 N–H and O–H groups in total. The van der Waals surface area contributed by atoms with E-state index in [0.29, 0.717) is 0 Å². The smallest absolute Gasteiger partial charge is 0.0540 e. The van der Waals surface area contributed by atoms with E-state index in [2.05, 4.69) is 187 Å². The summed E-state index contributed by atoms with van der Waals surface area (Å²) in [4.78, 5) is 2.46. The second kappa shape index (κ2) is 11.5. The number of hydrogen-bond donors (Lipinski definition) is 0. The number of anilines is 3. The highest BCUT2D eigenvalue weighted by Crippen LogP contribution is 2.48. The van der Waals surface area contributed by atoms with Gasteiger partial charge in [-0.15, -0.1) is 0 Å². The van der Waals surface area contributed by atoms with Crippen LogP contribution in [0.3, 0.4) is 0 Å². The minimum absolute atomic E-state index is 0.228. The Labute approximate surface area is 304 Å². The highest BCUT2D eigenvalue weighted by Gasteiger charge is 2.27. The lowest BCUT2D eigenvalue weighted by Crippen LogP contribution is -2.11. The van der Waals surface area contributed by atoms with Crippen LogP contribution in [0.4, 0.5) is 17.1 Å². The summed E-state index contributed by atoms with van der Waals surface area (Å²) in [6.07, 6.45) is 1.92. The number of nitrogens with zero attached hydrogens (tertiary/aromatic N) is 1. The molecule has 0 fully saturated rings. The molecule has 0 radical (unpaired) electrons. The molecule has 1 atom stereocenters. The molecule has 0 saturated heterocycles. The van der Waals surface area contributed by atoms with Crippen LogP contribution in [-0.4, -0.2) is 0 Å². The van der Waals surface area contributed by atoms with Gasteiger partial charge in [-0.2, -0.15) is 0 Å². The molecule has 0 aromatic heterocycles. The molecule has 1 unspecified atom stereocenters. The van der Waals surface area contributed by atoms with E-state index in [1.165, 1.54) is 93.8 Å².